The van der Waals surface area contributed by atoms with Crippen molar-refractivity contribution < 1.29 is 4.79 Å². The van der Waals surface area contributed by atoms with Gasteiger partial charge in [0.05, 0.1) is 0 Å². The van der Waals surface area contributed by atoms with Crippen molar-refractivity contribution in [2.24, 2.45) is 17.8 Å². The molecule has 1 nitrogen and oxygen atoms in total. The van der Waals surface area contributed by atoms with E-state index in [1.807, 2.05) is 6.08 Å². The van der Waals surface area contributed by atoms with E-state index in [1.54, 1.807) is 6.08 Å². The number of allylic oxidation sites excluding steroid dienone is 2. The monoisotopic (exact) mass is 192 g/mol. The molecule has 0 spiro atoms. The predicted octanol–water partition coefficient (Wildman–Crippen LogP) is 3.35. The number of hydrogen-bond donors (Lipinski definition) is 0. The summed E-state index contributed by atoms with van der Waals surface area (Å²) in [6.07, 6.45) is 11.1. The van der Waals surface area contributed by atoms with Crippen molar-refractivity contribution in [2.75, 3.05) is 0 Å². The van der Waals surface area contributed by atoms with Crippen molar-refractivity contribution in [1.29, 1.82) is 0 Å². The molecule has 2 saturated carbocycles. The molecule has 0 aromatic heterocycles. The van der Waals surface area contributed by atoms with E-state index in [0.29, 0.717) is 5.78 Å². The van der Waals surface area contributed by atoms with E-state index in [9.17, 15) is 4.79 Å². The second-order valence-corrected chi connectivity index (χ2v) is 4.92. The zero-order valence-electron chi connectivity index (χ0n) is 9.04. The van der Waals surface area contributed by atoms with Gasteiger partial charge in [-0.1, -0.05) is 19.4 Å². The average Bonchev–Trinajstić information content (AvgIpc) is 2.76. The highest BCUT2D eigenvalue weighted by atomic mass is 16.1. The SMILES string of the molecule is CC/C=C/C(=O)CC1CC2CCC1C2. The second-order valence-electron chi connectivity index (χ2n) is 4.92. The molecule has 2 bridgehead atoms. The average molecular weight is 192 g/mol. The summed E-state index contributed by atoms with van der Waals surface area (Å²) in [5.74, 6) is 2.93. The van der Waals surface area contributed by atoms with Crippen LogP contribution < -0.4 is 0 Å². The highest BCUT2D eigenvalue weighted by Gasteiger charge is 2.39. The minimum atomic E-state index is 0.351. The van der Waals surface area contributed by atoms with E-state index in [2.05, 4.69) is 6.92 Å². The van der Waals surface area contributed by atoms with Crippen LogP contribution in [0.25, 0.3) is 0 Å². The summed E-state index contributed by atoms with van der Waals surface area (Å²) in [5, 5.41) is 0. The third-order valence-electron chi connectivity index (χ3n) is 3.89. The maximum Gasteiger partial charge on any atom is 0.155 e. The van der Waals surface area contributed by atoms with Crippen LogP contribution in [-0.2, 0) is 4.79 Å². The first kappa shape index (κ1) is 9.95. The molecule has 0 heterocycles. The van der Waals surface area contributed by atoms with E-state index in [1.165, 1.54) is 25.7 Å². The Kier molecular flexibility index (Phi) is 3.05. The third kappa shape index (κ3) is 2.08. The van der Waals surface area contributed by atoms with Crippen LogP contribution >= 0.6 is 0 Å². The number of fused-ring (bicyclic) bond motifs is 2. The Morgan fingerprint density at radius 3 is 2.79 bits per heavy atom. The van der Waals surface area contributed by atoms with Crippen LogP contribution in [0, 0.1) is 17.8 Å². The summed E-state index contributed by atoms with van der Waals surface area (Å²) in [4.78, 5) is 11.5. The molecule has 0 saturated heterocycles. The van der Waals surface area contributed by atoms with Crippen molar-refractivity contribution in [3.05, 3.63) is 12.2 Å². The molecule has 0 aliphatic heterocycles. The fraction of sp³-hybridized carbons (Fsp3) is 0.769. The summed E-state index contributed by atoms with van der Waals surface area (Å²) in [5.41, 5.74) is 0. The van der Waals surface area contributed by atoms with E-state index in [4.69, 9.17) is 0 Å². The van der Waals surface area contributed by atoms with E-state index in [-0.39, 0.29) is 0 Å². The summed E-state index contributed by atoms with van der Waals surface area (Å²) < 4.78 is 0. The van der Waals surface area contributed by atoms with Crippen LogP contribution in [0.15, 0.2) is 12.2 Å². The predicted molar refractivity (Wildman–Crippen MR) is 58.0 cm³/mol. The first-order valence-electron chi connectivity index (χ1n) is 5.99. The molecule has 0 N–H and O–H groups in total. The Bertz CT molecular complexity index is 242. The minimum Gasteiger partial charge on any atom is -0.295 e. The highest BCUT2D eigenvalue weighted by molar-refractivity contribution is 5.89. The van der Waals surface area contributed by atoms with E-state index in [0.717, 1.165) is 30.6 Å². The molecule has 2 fully saturated rings. The molecule has 1 heteroatoms. The topological polar surface area (TPSA) is 17.1 Å². The quantitative estimate of drug-likeness (QED) is 0.624. The first-order valence-corrected chi connectivity index (χ1v) is 5.99. The van der Waals surface area contributed by atoms with Gasteiger partial charge in [-0.15, -0.1) is 0 Å². The van der Waals surface area contributed by atoms with Crippen LogP contribution in [0.3, 0.4) is 0 Å². The molecule has 14 heavy (non-hydrogen) atoms. The fourth-order valence-corrected chi connectivity index (χ4v) is 3.20. The lowest BCUT2D eigenvalue weighted by Crippen LogP contribution is -2.13. The minimum absolute atomic E-state index is 0.351. The number of rotatable bonds is 4. The summed E-state index contributed by atoms with van der Waals surface area (Å²) in [6.45, 7) is 2.07. The molecular formula is C13H20O. The lowest BCUT2D eigenvalue weighted by molar-refractivity contribution is -0.115. The van der Waals surface area contributed by atoms with Gasteiger partial charge in [0.1, 0.15) is 0 Å². The molecule has 3 unspecified atom stereocenters. The van der Waals surface area contributed by atoms with Crippen molar-refractivity contribution in [2.45, 2.75) is 45.4 Å². The molecule has 78 valence electrons. The number of carbonyl (C=O) groups is 1. The standard InChI is InChI=1S/C13H20O/c1-2-3-4-13(14)9-12-8-10-5-6-11(12)7-10/h3-4,10-12H,2,5-9H2,1H3/b4-3+. The van der Waals surface area contributed by atoms with Crippen LogP contribution in [0.1, 0.15) is 45.4 Å². The van der Waals surface area contributed by atoms with Gasteiger partial charge in [0, 0.05) is 6.42 Å². The van der Waals surface area contributed by atoms with Crippen molar-refractivity contribution >= 4 is 5.78 Å². The Labute approximate surface area is 86.6 Å². The van der Waals surface area contributed by atoms with Gasteiger partial charge in [-0.3, -0.25) is 4.79 Å². The molecule has 0 aromatic rings. The first-order chi connectivity index (χ1) is 6.79. The van der Waals surface area contributed by atoms with Gasteiger partial charge < -0.3 is 0 Å². The maximum absolute atomic E-state index is 11.5. The summed E-state index contributed by atoms with van der Waals surface area (Å²) in [6, 6.07) is 0. The Morgan fingerprint density at radius 1 is 1.36 bits per heavy atom. The summed E-state index contributed by atoms with van der Waals surface area (Å²) in [7, 11) is 0. The normalized spacial score (nSPS) is 35.6. The van der Waals surface area contributed by atoms with Crippen molar-refractivity contribution in [3.63, 3.8) is 0 Å². The van der Waals surface area contributed by atoms with Gasteiger partial charge in [-0.2, -0.15) is 0 Å². The van der Waals surface area contributed by atoms with Crippen molar-refractivity contribution in [1.82, 2.24) is 0 Å². The van der Waals surface area contributed by atoms with Gasteiger partial charge in [0.25, 0.3) is 0 Å². The molecule has 3 atom stereocenters. The smallest absolute Gasteiger partial charge is 0.155 e. The van der Waals surface area contributed by atoms with Gasteiger partial charge in [0.15, 0.2) is 5.78 Å². The molecule has 0 aromatic carbocycles. The zero-order chi connectivity index (χ0) is 9.97. The van der Waals surface area contributed by atoms with Gasteiger partial charge in [-0.25, -0.2) is 0 Å². The zero-order valence-corrected chi connectivity index (χ0v) is 9.04. The number of ketones is 1. The van der Waals surface area contributed by atoms with E-state index < -0.39 is 0 Å². The van der Waals surface area contributed by atoms with Crippen molar-refractivity contribution in [3.8, 4) is 0 Å². The molecule has 0 radical (unpaired) electrons. The Balaban J connectivity index is 1.81. The largest absolute Gasteiger partial charge is 0.295 e. The molecule has 2 aliphatic rings. The maximum atomic E-state index is 11.5. The lowest BCUT2D eigenvalue weighted by atomic mass is 9.85. The van der Waals surface area contributed by atoms with Crippen LogP contribution in [0.2, 0.25) is 0 Å². The third-order valence-corrected chi connectivity index (χ3v) is 3.89. The number of hydrogen-bond acceptors (Lipinski definition) is 1. The molecular weight excluding hydrogens is 172 g/mol. The highest BCUT2D eigenvalue weighted by Crippen LogP contribution is 2.49. The fourth-order valence-electron chi connectivity index (χ4n) is 3.20. The number of carbonyl (C=O) groups excluding carboxylic acids is 1. The van der Waals surface area contributed by atoms with Crippen LogP contribution in [0.5, 0.6) is 0 Å². The summed E-state index contributed by atoms with van der Waals surface area (Å²) >= 11 is 0. The van der Waals surface area contributed by atoms with Crippen LogP contribution in [-0.4, -0.2) is 5.78 Å². The Morgan fingerprint density at radius 2 is 2.21 bits per heavy atom. The Hall–Kier alpha value is -0.590. The van der Waals surface area contributed by atoms with Gasteiger partial charge in [-0.05, 0) is 49.5 Å². The van der Waals surface area contributed by atoms with Gasteiger partial charge in [0.2, 0.25) is 0 Å². The molecule has 2 aliphatic carbocycles. The van der Waals surface area contributed by atoms with E-state index >= 15 is 0 Å². The van der Waals surface area contributed by atoms with Crippen LogP contribution in [0.4, 0.5) is 0 Å². The molecule has 2 rings (SSSR count). The lowest BCUT2D eigenvalue weighted by Gasteiger charge is -2.19. The second kappa shape index (κ2) is 4.29. The molecule has 0 amide bonds. The van der Waals surface area contributed by atoms with Gasteiger partial charge >= 0.3 is 0 Å².